The molecule has 5 nitrogen and oxygen atoms in total. The van der Waals surface area contributed by atoms with Crippen LogP contribution in [0.15, 0.2) is 12.5 Å². The number of imidazole rings is 1. The van der Waals surface area contributed by atoms with Gasteiger partial charge in [0, 0.05) is 30.9 Å². The van der Waals surface area contributed by atoms with Gasteiger partial charge in [0.25, 0.3) is 0 Å². The molecule has 0 aliphatic heterocycles. The molecule has 1 saturated carbocycles. The number of ether oxygens (including phenoxy) is 1. The molecule has 0 radical (unpaired) electrons. The highest BCUT2D eigenvalue weighted by molar-refractivity contribution is 5.67. The summed E-state index contributed by atoms with van der Waals surface area (Å²) in [6.07, 6.45) is 8.05. The van der Waals surface area contributed by atoms with Crippen LogP contribution in [0.3, 0.4) is 0 Å². The molecule has 23 heavy (non-hydrogen) atoms. The van der Waals surface area contributed by atoms with E-state index in [1.165, 1.54) is 25.0 Å². The van der Waals surface area contributed by atoms with E-state index in [2.05, 4.69) is 28.7 Å². The van der Waals surface area contributed by atoms with E-state index in [1.54, 1.807) is 0 Å². The van der Waals surface area contributed by atoms with E-state index in [0.29, 0.717) is 18.5 Å². The van der Waals surface area contributed by atoms with Crippen molar-refractivity contribution in [2.24, 2.45) is 11.8 Å². The highest BCUT2D eigenvalue weighted by Crippen LogP contribution is 2.37. The maximum Gasteiger partial charge on any atom is 0.407 e. The zero-order valence-corrected chi connectivity index (χ0v) is 15.1. The highest BCUT2D eigenvalue weighted by atomic mass is 16.6. The zero-order valence-electron chi connectivity index (χ0n) is 15.1. The maximum atomic E-state index is 11.7. The summed E-state index contributed by atoms with van der Waals surface area (Å²) in [7, 11) is 0. The molecule has 0 spiro atoms. The van der Waals surface area contributed by atoms with Gasteiger partial charge in [-0.25, -0.2) is 9.78 Å². The number of hydrogen-bond donors (Lipinski definition) is 1. The lowest BCUT2D eigenvalue weighted by atomic mass is 9.79. The number of carbonyl (C=O) groups is 1. The molecule has 130 valence electrons. The molecule has 1 aromatic rings. The molecule has 1 aliphatic carbocycles. The third kappa shape index (κ3) is 5.26. The van der Waals surface area contributed by atoms with Crippen LogP contribution in [0.2, 0.25) is 0 Å². The fourth-order valence-corrected chi connectivity index (χ4v) is 3.49. The van der Waals surface area contributed by atoms with Gasteiger partial charge in [0.1, 0.15) is 5.60 Å². The predicted molar refractivity (Wildman–Crippen MR) is 91.4 cm³/mol. The van der Waals surface area contributed by atoms with Crippen molar-refractivity contribution in [2.75, 3.05) is 6.54 Å². The Morgan fingerprint density at radius 2 is 2.13 bits per heavy atom. The minimum absolute atomic E-state index is 0.358. The molecule has 5 heteroatoms. The summed E-state index contributed by atoms with van der Waals surface area (Å²) in [5.41, 5.74) is 0.729. The fraction of sp³-hybridized carbons (Fsp3) is 0.778. The van der Waals surface area contributed by atoms with Crippen LogP contribution in [0.5, 0.6) is 0 Å². The van der Waals surface area contributed by atoms with Crippen LogP contribution in [0.1, 0.15) is 65.6 Å². The summed E-state index contributed by atoms with van der Waals surface area (Å²) < 4.78 is 7.57. The molecule has 1 aliphatic rings. The molecule has 0 saturated heterocycles. The fourth-order valence-electron chi connectivity index (χ4n) is 3.49. The first-order valence-electron chi connectivity index (χ1n) is 8.74. The van der Waals surface area contributed by atoms with Gasteiger partial charge in [-0.2, -0.15) is 0 Å². The van der Waals surface area contributed by atoms with Crippen molar-refractivity contribution in [1.82, 2.24) is 14.9 Å². The minimum atomic E-state index is -0.458. The quantitative estimate of drug-likeness (QED) is 0.913. The van der Waals surface area contributed by atoms with E-state index in [0.717, 1.165) is 12.3 Å². The first-order chi connectivity index (χ1) is 10.8. The number of nitrogens with zero attached hydrogens (tertiary/aromatic N) is 2. The predicted octanol–water partition coefficient (Wildman–Crippen LogP) is 3.95. The standard InChI is InChI=1S/C18H31N3O2/c1-13-6-7-16(14(2)10-13)21-12-19-11-15(21)8-9-20-17(22)23-18(3,4)5/h11-14,16H,6-10H2,1-5H3,(H,20,22). The second kappa shape index (κ2) is 7.37. The van der Waals surface area contributed by atoms with Crippen molar-refractivity contribution in [3.05, 3.63) is 18.2 Å². The molecule has 0 aromatic carbocycles. The summed E-state index contributed by atoms with van der Waals surface area (Å²) in [5.74, 6) is 1.49. The Morgan fingerprint density at radius 1 is 1.39 bits per heavy atom. The summed E-state index contributed by atoms with van der Waals surface area (Å²) in [6.45, 7) is 10.8. The monoisotopic (exact) mass is 321 g/mol. The van der Waals surface area contributed by atoms with E-state index in [4.69, 9.17) is 4.74 Å². The van der Waals surface area contributed by atoms with Crippen molar-refractivity contribution in [3.8, 4) is 0 Å². The van der Waals surface area contributed by atoms with Gasteiger partial charge in [0.05, 0.1) is 6.33 Å². The van der Waals surface area contributed by atoms with E-state index < -0.39 is 5.60 Å². The van der Waals surface area contributed by atoms with Gasteiger partial charge in [-0.15, -0.1) is 0 Å². The molecule has 3 atom stereocenters. The lowest BCUT2D eigenvalue weighted by Crippen LogP contribution is -2.34. The third-order valence-electron chi connectivity index (χ3n) is 4.54. The second-order valence-corrected chi connectivity index (χ2v) is 7.93. The number of carbonyl (C=O) groups excluding carboxylic acids is 1. The molecule has 1 fully saturated rings. The molecule has 2 rings (SSSR count). The van der Waals surface area contributed by atoms with Crippen LogP contribution in [0.25, 0.3) is 0 Å². The normalized spacial score (nSPS) is 25.2. The van der Waals surface area contributed by atoms with Crippen molar-refractivity contribution < 1.29 is 9.53 Å². The van der Waals surface area contributed by atoms with Crippen molar-refractivity contribution >= 4 is 6.09 Å². The Labute approximate surface area is 139 Å². The topological polar surface area (TPSA) is 56.2 Å². The average molecular weight is 321 g/mol. The van der Waals surface area contributed by atoms with Gasteiger partial charge in [-0.05, 0) is 51.9 Å². The van der Waals surface area contributed by atoms with Crippen LogP contribution in [0, 0.1) is 11.8 Å². The molecule has 3 unspecified atom stereocenters. The number of aromatic nitrogens is 2. The van der Waals surface area contributed by atoms with Crippen molar-refractivity contribution in [1.29, 1.82) is 0 Å². The summed E-state index contributed by atoms with van der Waals surface area (Å²) in [6, 6.07) is 0.533. The number of rotatable bonds is 4. The Bertz CT molecular complexity index is 519. The lowest BCUT2D eigenvalue weighted by Gasteiger charge is -2.34. The van der Waals surface area contributed by atoms with Crippen LogP contribution in [0.4, 0.5) is 4.79 Å². The molecule has 1 heterocycles. The van der Waals surface area contributed by atoms with Gasteiger partial charge in [0.15, 0.2) is 0 Å². The first kappa shape index (κ1) is 17.8. The highest BCUT2D eigenvalue weighted by Gasteiger charge is 2.27. The Hall–Kier alpha value is -1.52. The maximum absolute atomic E-state index is 11.7. The Kier molecular flexibility index (Phi) is 5.71. The van der Waals surface area contributed by atoms with Crippen LogP contribution in [-0.2, 0) is 11.2 Å². The van der Waals surface area contributed by atoms with E-state index in [1.807, 2.05) is 33.3 Å². The molecule has 1 aromatic heterocycles. The Morgan fingerprint density at radius 3 is 2.78 bits per heavy atom. The average Bonchev–Trinajstić information content (AvgIpc) is 2.85. The van der Waals surface area contributed by atoms with E-state index >= 15 is 0 Å². The SMILES string of the molecule is CC1CCC(n2cncc2CCNC(=O)OC(C)(C)C)C(C)C1. The Balaban J connectivity index is 1.88. The zero-order chi connectivity index (χ0) is 17.0. The lowest BCUT2D eigenvalue weighted by molar-refractivity contribution is 0.0528. The summed E-state index contributed by atoms with van der Waals surface area (Å²) in [5, 5.41) is 2.82. The number of alkyl carbamates (subject to hydrolysis) is 1. The van der Waals surface area contributed by atoms with Gasteiger partial charge in [-0.3, -0.25) is 0 Å². The number of amides is 1. The number of nitrogens with one attached hydrogen (secondary N) is 1. The number of hydrogen-bond acceptors (Lipinski definition) is 3. The van der Waals surface area contributed by atoms with E-state index in [9.17, 15) is 4.79 Å². The molecule has 1 N–H and O–H groups in total. The van der Waals surface area contributed by atoms with Gasteiger partial charge in [-0.1, -0.05) is 13.8 Å². The van der Waals surface area contributed by atoms with Crippen LogP contribution >= 0.6 is 0 Å². The summed E-state index contributed by atoms with van der Waals surface area (Å²) >= 11 is 0. The van der Waals surface area contributed by atoms with Gasteiger partial charge in [0.2, 0.25) is 0 Å². The largest absolute Gasteiger partial charge is 0.444 e. The van der Waals surface area contributed by atoms with Crippen LogP contribution in [-0.4, -0.2) is 27.8 Å². The smallest absolute Gasteiger partial charge is 0.407 e. The van der Waals surface area contributed by atoms with Crippen LogP contribution < -0.4 is 5.32 Å². The van der Waals surface area contributed by atoms with Crippen molar-refractivity contribution in [3.63, 3.8) is 0 Å². The van der Waals surface area contributed by atoms with Crippen molar-refractivity contribution in [2.45, 2.75) is 71.9 Å². The van der Waals surface area contributed by atoms with Gasteiger partial charge < -0.3 is 14.6 Å². The third-order valence-corrected chi connectivity index (χ3v) is 4.54. The molecular weight excluding hydrogens is 290 g/mol. The first-order valence-corrected chi connectivity index (χ1v) is 8.74. The summed E-state index contributed by atoms with van der Waals surface area (Å²) in [4.78, 5) is 16.0. The van der Waals surface area contributed by atoms with E-state index in [-0.39, 0.29) is 6.09 Å². The molecule has 0 bridgehead atoms. The van der Waals surface area contributed by atoms with Gasteiger partial charge >= 0.3 is 6.09 Å². The minimum Gasteiger partial charge on any atom is -0.444 e. The molecule has 1 amide bonds. The second-order valence-electron chi connectivity index (χ2n) is 7.93. The molecular formula is C18H31N3O2.